The second kappa shape index (κ2) is 8.91. The average molecular weight is 367 g/mol. The van der Waals surface area contributed by atoms with Gasteiger partial charge in [-0.2, -0.15) is 5.10 Å². The van der Waals surface area contributed by atoms with Crippen LogP contribution in [0.5, 0.6) is 11.5 Å². The Morgan fingerprint density at radius 3 is 2.56 bits per heavy atom. The minimum atomic E-state index is 0.161. The van der Waals surface area contributed by atoms with Crippen LogP contribution >= 0.6 is 0 Å². The second-order valence-corrected chi connectivity index (χ2v) is 6.96. The van der Waals surface area contributed by atoms with Crippen LogP contribution in [0.4, 0.5) is 5.69 Å². The molecule has 0 radical (unpaired) electrons. The fraction of sp³-hybridized carbons (Fsp3) is 0.409. The number of rotatable bonds is 8. The van der Waals surface area contributed by atoms with Crippen molar-refractivity contribution in [2.24, 2.45) is 5.10 Å². The number of nitrogens with zero attached hydrogens (tertiary/aromatic N) is 3. The lowest BCUT2D eigenvalue weighted by Crippen LogP contribution is -2.18. The normalized spacial score (nSPS) is 16.6. The molecule has 0 fully saturated rings. The van der Waals surface area contributed by atoms with Crippen molar-refractivity contribution in [1.29, 1.82) is 0 Å². The average Bonchev–Trinajstić information content (AvgIpc) is 3.12. The summed E-state index contributed by atoms with van der Waals surface area (Å²) in [4.78, 5) is 2.20. The Morgan fingerprint density at radius 1 is 1.11 bits per heavy atom. The van der Waals surface area contributed by atoms with Crippen LogP contribution in [0.2, 0.25) is 0 Å². The third-order valence-electron chi connectivity index (χ3n) is 4.71. The first-order valence-corrected chi connectivity index (χ1v) is 9.48. The monoisotopic (exact) mass is 367 g/mol. The number of para-hydroxylation sites is 1. The van der Waals surface area contributed by atoms with Gasteiger partial charge in [-0.15, -0.1) is 0 Å². The molecular weight excluding hydrogens is 338 g/mol. The van der Waals surface area contributed by atoms with Gasteiger partial charge in [-0.25, -0.2) is 0 Å². The number of benzene rings is 2. The third-order valence-corrected chi connectivity index (χ3v) is 4.71. The van der Waals surface area contributed by atoms with Gasteiger partial charge >= 0.3 is 0 Å². The lowest BCUT2D eigenvalue weighted by molar-refractivity contribution is 0.310. The Morgan fingerprint density at radius 2 is 1.89 bits per heavy atom. The molecular formula is C22H29N3O2. The Bertz CT molecular complexity index is 774. The predicted molar refractivity (Wildman–Crippen MR) is 111 cm³/mol. The fourth-order valence-corrected chi connectivity index (χ4v) is 3.32. The van der Waals surface area contributed by atoms with Crippen LogP contribution in [0.1, 0.15) is 31.4 Å². The van der Waals surface area contributed by atoms with Crippen molar-refractivity contribution in [2.45, 2.75) is 25.8 Å². The molecule has 0 bridgehead atoms. The standard InChI is InChI=1S/C22H29N3O2/c1-5-27-21-12-11-17(15-22(21)26-4)20-16-18(13-14-24(2)3)23-25(20)19-9-7-6-8-10-19/h6-12,15,20H,5,13-14,16H2,1-4H3. The number of anilines is 1. The minimum absolute atomic E-state index is 0.161. The number of hydrogen-bond acceptors (Lipinski definition) is 5. The van der Waals surface area contributed by atoms with Crippen LogP contribution in [-0.4, -0.2) is 45.0 Å². The van der Waals surface area contributed by atoms with E-state index in [1.807, 2.05) is 19.1 Å². The summed E-state index contributed by atoms with van der Waals surface area (Å²) in [6, 6.07) is 16.7. The highest BCUT2D eigenvalue weighted by molar-refractivity contribution is 5.89. The highest BCUT2D eigenvalue weighted by atomic mass is 16.5. The van der Waals surface area contributed by atoms with Crippen molar-refractivity contribution in [3.8, 4) is 11.5 Å². The van der Waals surface area contributed by atoms with E-state index in [4.69, 9.17) is 14.6 Å². The van der Waals surface area contributed by atoms with Gasteiger partial charge in [-0.05, 0) is 50.8 Å². The van der Waals surface area contributed by atoms with Gasteiger partial charge in [0.05, 0.1) is 25.4 Å². The predicted octanol–water partition coefficient (Wildman–Crippen LogP) is 4.35. The molecule has 2 aromatic rings. The maximum absolute atomic E-state index is 5.67. The number of ether oxygens (including phenoxy) is 2. The highest BCUT2D eigenvalue weighted by Gasteiger charge is 2.29. The molecule has 0 amide bonds. The summed E-state index contributed by atoms with van der Waals surface area (Å²) in [7, 11) is 5.88. The van der Waals surface area contributed by atoms with Gasteiger partial charge in [0.15, 0.2) is 11.5 Å². The van der Waals surface area contributed by atoms with Crippen LogP contribution in [0.15, 0.2) is 53.6 Å². The van der Waals surface area contributed by atoms with E-state index in [0.29, 0.717) is 6.61 Å². The van der Waals surface area contributed by atoms with Gasteiger partial charge in [0.25, 0.3) is 0 Å². The second-order valence-electron chi connectivity index (χ2n) is 6.96. The zero-order chi connectivity index (χ0) is 19.2. The molecule has 1 atom stereocenters. The summed E-state index contributed by atoms with van der Waals surface area (Å²) in [5.74, 6) is 1.55. The Balaban J connectivity index is 1.90. The van der Waals surface area contributed by atoms with Crippen molar-refractivity contribution in [3.05, 3.63) is 54.1 Å². The first-order valence-electron chi connectivity index (χ1n) is 9.48. The third kappa shape index (κ3) is 4.61. The topological polar surface area (TPSA) is 37.3 Å². The molecule has 5 heteroatoms. The largest absolute Gasteiger partial charge is 0.493 e. The van der Waals surface area contributed by atoms with E-state index in [1.54, 1.807) is 7.11 Å². The van der Waals surface area contributed by atoms with Crippen LogP contribution < -0.4 is 14.5 Å². The van der Waals surface area contributed by atoms with Gasteiger partial charge in [0.2, 0.25) is 0 Å². The molecule has 0 saturated carbocycles. The van der Waals surface area contributed by atoms with Crippen LogP contribution in [0.3, 0.4) is 0 Å². The van der Waals surface area contributed by atoms with Crippen molar-refractivity contribution < 1.29 is 9.47 Å². The quantitative estimate of drug-likeness (QED) is 0.695. The van der Waals surface area contributed by atoms with E-state index in [0.717, 1.165) is 36.6 Å². The minimum Gasteiger partial charge on any atom is -0.493 e. The van der Waals surface area contributed by atoms with E-state index >= 15 is 0 Å². The first-order chi connectivity index (χ1) is 13.1. The van der Waals surface area contributed by atoms with Crippen molar-refractivity contribution in [1.82, 2.24) is 4.90 Å². The molecule has 1 heterocycles. The van der Waals surface area contributed by atoms with E-state index < -0.39 is 0 Å². The summed E-state index contributed by atoms with van der Waals surface area (Å²) in [5, 5.41) is 7.09. The molecule has 1 unspecified atom stereocenters. The van der Waals surface area contributed by atoms with E-state index in [-0.39, 0.29) is 6.04 Å². The summed E-state index contributed by atoms with van der Waals surface area (Å²) >= 11 is 0. The fourth-order valence-electron chi connectivity index (χ4n) is 3.32. The molecule has 1 aliphatic rings. The van der Waals surface area contributed by atoms with Gasteiger partial charge in [0.1, 0.15) is 0 Å². The molecule has 0 saturated heterocycles. The number of methoxy groups -OCH3 is 1. The molecule has 3 rings (SSSR count). The van der Waals surface area contributed by atoms with Gasteiger partial charge < -0.3 is 14.4 Å². The summed E-state index contributed by atoms with van der Waals surface area (Å²) in [6.07, 6.45) is 1.89. The highest BCUT2D eigenvalue weighted by Crippen LogP contribution is 2.39. The van der Waals surface area contributed by atoms with Crippen molar-refractivity contribution in [3.63, 3.8) is 0 Å². The lowest BCUT2D eigenvalue weighted by Gasteiger charge is -2.24. The van der Waals surface area contributed by atoms with Crippen molar-refractivity contribution >= 4 is 11.4 Å². The Labute approximate surface area is 162 Å². The first kappa shape index (κ1) is 19.2. The van der Waals surface area contributed by atoms with Gasteiger partial charge in [-0.3, -0.25) is 5.01 Å². The maximum atomic E-state index is 5.67. The van der Waals surface area contributed by atoms with E-state index in [1.165, 1.54) is 11.3 Å². The zero-order valence-electron chi connectivity index (χ0n) is 16.7. The summed E-state index contributed by atoms with van der Waals surface area (Å²) in [5.41, 5.74) is 3.52. The van der Waals surface area contributed by atoms with Crippen LogP contribution in [-0.2, 0) is 0 Å². The zero-order valence-corrected chi connectivity index (χ0v) is 16.7. The summed E-state index contributed by atoms with van der Waals surface area (Å²) < 4.78 is 11.2. The maximum Gasteiger partial charge on any atom is 0.161 e. The van der Waals surface area contributed by atoms with Crippen molar-refractivity contribution in [2.75, 3.05) is 39.4 Å². The Hall–Kier alpha value is -2.53. The number of hydrazone groups is 1. The van der Waals surface area contributed by atoms with Crippen LogP contribution in [0.25, 0.3) is 0 Å². The molecule has 27 heavy (non-hydrogen) atoms. The van der Waals surface area contributed by atoms with Gasteiger partial charge in [0, 0.05) is 25.1 Å². The molecule has 5 nitrogen and oxygen atoms in total. The molecule has 0 aliphatic carbocycles. The number of hydrogen-bond donors (Lipinski definition) is 0. The molecule has 0 spiro atoms. The molecule has 144 valence electrons. The molecule has 2 aromatic carbocycles. The lowest BCUT2D eigenvalue weighted by atomic mass is 9.99. The Kier molecular flexibility index (Phi) is 6.35. The SMILES string of the molecule is CCOc1ccc(C2CC(CCN(C)C)=NN2c2ccccc2)cc1OC. The van der Waals surface area contributed by atoms with E-state index in [2.05, 4.69) is 60.4 Å². The molecule has 0 N–H and O–H groups in total. The molecule has 1 aliphatic heterocycles. The molecule has 0 aromatic heterocycles. The van der Waals surface area contributed by atoms with E-state index in [9.17, 15) is 0 Å². The smallest absolute Gasteiger partial charge is 0.161 e. The summed E-state index contributed by atoms with van der Waals surface area (Å²) in [6.45, 7) is 3.60. The van der Waals surface area contributed by atoms with Gasteiger partial charge in [-0.1, -0.05) is 24.3 Å². The van der Waals surface area contributed by atoms with Crippen LogP contribution in [0, 0.1) is 0 Å².